The largest absolute Gasteiger partial charge is 0.458 e. The number of aromatic nitrogens is 2. The Labute approximate surface area is 182 Å². The number of benzene rings is 1. The molecule has 0 spiro atoms. The standard InChI is InChI=1S/C21H13BrN2O7/c1-8(25)31-19-9-2-14-18-11(5-24(14)20(26)12(9)6-28-21(19)27)17(22)10-3-15-16(30-7-29-15)4-13(10)23-18/h2-4,19H,5-7H2,1H3/t19-/m0/s1. The first-order chi connectivity index (χ1) is 14.9. The Morgan fingerprint density at radius 3 is 2.71 bits per heavy atom. The molecule has 5 heterocycles. The van der Waals surface area contributed by atoms with E-state index in [0.29, 0.717) is 46.1 Å². The molecule has 0 radical (unpaired) electrons. The molecule has 0 amide bonds. The number of hydrogen-bond donors (Lipinski definition) is 0. The molecule has 6 rings (SSSR count). The van der Waals surface area contributed by atoms with Gasteiger partial charge in [0.1, 0.15) is 6.61 Å². The number of carbonyl (C=O) groups is 2. The Hall–Kier alpha value is -3.40. The van der Waals surface area contributed by atoms with Gasteiger partial charge in [-0.2, -0.15) is 0 Å². The normalized spacial score (nSPS) is 17.7. The zero-order valence-electron chi connectivity index (χ0n) is 16.1. The summed E-state index contributed by atoms with van der Waals surface area (Å²) in [5.74, 6) is -0.104. The van der Waals surface area contributed by atoms with Crippen molar-refractivity contribution in [2.24, 2.45) is 0 Å². The molecule has 0 aliphatic carbocycles. The van der Waals surface area contributed by atoms with Crippen LogP contribution in [0.3, 0.4) is 0 Å². The van der Waals surface area contributed by atoms with Gasteiger partial charge in [-0.05, 0) is 28.1 Å². The maximum Gasteiger partial charge on any atom is 0.352 e. The van der Waals surface area contributed by atoms with Crippen LogP contribution in [0.25, 0.3) is 22.3 Å². The summed E-state index contributed by atoms with van der Waals surface area (Å²) in [5.41, 5.74) is 2.99. The van der Waals surface area contributed by atoms with Gasteiger partial charge in [0.2, 0.25) is 12.9 Å². The molecule has 1 atom stereocenters. The molecule has 9 nitrogen and oxygen atoms in total. The van der Waals surface area contributed by atoms with Gasteiger partial charge in [-0.15, -0.1) is 0 Å². The predicted molar refractivity (Wildman–Crippen MR) is 109 cm³/mol. The first kappa shape index (κ1) is 18.4. The van der Waals surface area contributed by atoms with Crippen molar-refractivity contribution in [3.05, 3.63) is 49.7 Å². The predicted octanol–water partition coefficient (Wildman–Crippen LogP) is 2.58. The zero-order chi connectivity index (χ0) is 21.4. The van der Waals surface area contributed by atoms with Crippen molar-refractivity contribution in [1.82, 2.24) is 9.55 Å². The molecule has 2 aromatic heterocycles. The van der Waals surface area contributed by atoms with Crippen LogP contribution in [0.4, 0.5) is 0 Å². The minimum absolute atomic E-state index is 0.154. The fraction of sp³-hybridized carbons (Fsp3) is 0.238. The highest BCUT2D eigenvalue weighted by Gasteiger charge is 2.37. The first-order valence-corrected chi connectivity index (χ1v) is 10.2. The quantitative estimate of drug-likeness (QED) is 0.379. The lowest BCUT2D eigenvalue weighted by atomic mass is 10.00. The second-order valence-electron chi connectivity index (χ2n) is 7.43. The summed E-state index contributed by atoms with van der Waals surface area (Å²) in [4.78, 5) is 41.8. The third kappa shape index (κ3) is 2.54. The Morgan fingerprint density at radius 2 is 1.94 bits per heavy atom. The highest BCUT2D eigenvalue weighted by Crippen LogP contribution is 2.44. The van der Waals surface area contributed by atoms with Crippen LogP contribution in [0.15, 0.2) is 27.5 Å². The molecule has 31 heavy (non-hydrogen) atoms. The van der Waals surface area contributed by atoms with E-state index >= 15 is 0 Å². The number of fused-ring (bicyclic) bond motifs is 6. The number of halogens is 1. The van der Waals surface area contributed by atoms with E-state index in [0.717, 1.165) is 15.4 Å². The number of pyridine rings is 2. The van der Waals surface area contributed by atoms with E-state index < -0.39 is 18.0 Å². The summed E-state index contributed by atoms with van der Waals surface area (Å²) in [7, 11) is 0. The summed E-state index contributed by atoms with van der Waals surface area (Å²) in [5, 5.41) is 0.838. The van der Waals surface area contributed by atoms with Gasteiger partial charge in [0.05, 0.1) is 29.0 Å². The van der Waals surface area contributed by atoms with Gasteiger partial charge in [-0.25, -0.2) is 9.78 Å². The fourth-order valence-corrected chi connectivity index (χ4v) is 4.86. The third-order valence-electron chi connectivity index (χ3n) is 5.64. The van der Waals surface area contributed by atoms with Gasteiger partial charge in [-0.1, -0.05) is 0 Å². The second-order valence-corrected chi connectivity index (χ2v) is 8.22. The lowest BCUT2D eigenvalue weighted by Gasteiger charge is -2.24. The lowest BCUT2D eigenvalue weighted by molar-refractivity contribution is -0.170. The number of hydrogen-bond acceptors (Lipinski definition) is 8. The Morgan fingerprint density at radius 1 is 1.16 bits per heavy atom. The van der Waals surface area contributed by atoms with Gasteiger partial charge in [0, 0.05) is 34.0 Å². The highest BCUT2D eigenvalue weighted by molar-refractivity contribution is 9.10. The number of rotatable bonds is 1. The van der Waals surface area contributed by atoms with Gasteiger partial charge >= 0.3 is 11.9 Å². The van der Waals surface area contributed by atoms with Crippen molar-refractivity contribution in [2.45, 2.75) is 26.2 Å². The van der Waals surface area contributed by atoms with Crippen molar-refractivity contribution in [3.8, 4) is 22.9 Å². The van der Waals surface area contributed by atoms with Crippen LogP contribution in [0.1, 0.15) is 29.7 Å². The number of nitrogens with zero attached hydrogens (tertiary/aromatic N) is 2. The van der Waals surface area contributed by atoms with E-state index in [1.54, 1.807) is 16.7 Å². The van der Waals surface area contributed by atoms with Crippen molar-refractivity contribution in [2.75, 3.05) is 6.79 Å². The maximum absolute atomic E-state index is 13.2. The van der Waals surface area contributed by atoms with Crippen LogP contribution >= 0.6 is 15.9 Å². The Balaban J connectivity index is 1.59. The summed E-state index contributed by atoms with van der Waals surface area (Å²) < 4.78 is 23.6. The monoisotopic (exact) mass is 484 g/mol. The molecule has 156 valence electrons. The maximum atomic E-state index is 13.2. The Kier molecular flexibility index (Phi) is 3.73. The number of esters is 2. The fourth-order valence-electron chi connectivity index (χ4n) is 4.23. The smallest absolute Gasteiger partial charge is 0.352 e. The van der Waals surface area contributed by atoms with Gasteiger partial charge in [0.15, 0.2) is 11.5 Å². The minimum Gasteiger partial charge on any atom is -0.458 e. The van der Waals surface area contributed by atoms with Crippen molar-refractivity contribution >= 4 is 38.8 Å². The molecule has 3 aliphatic rings. The van der Waals surface area contributed by atoms with Crippen LogP contribution in [0.5, 0.6) is 11.5 Å². The van der Waals surface area contributed by atoms with E-state index in [4.69, 9.17) is 23.9 Å². The SMILES string of the molecule is CC(=O)O[C@@H]1C(=O)OCc2c1cc1n(c2=O)Cc2c-1nc1cc3c(cc1c2Br)OCO3. The molecule has 0 N–H and O–H groups in total. The molecule has 10 heteroatoms. The Bertz CT molecular complexity index is 1410. The van der Waals surface area contributed by atoms with Gasteiger partial charge < -0.3 is 23.5 Å². The third-order valence-corrected chi connectivity index (χ3v) is 6.55. The van der Waals surface area contributed by atoms with Crippen molar-refractivity contribution < 1.29 is 28.5 Å². The molecule has 1 aromatic carbocycles. The van der Waals surface area contributed by atoms with Gasteiger partial charge in [-0.3, -0.25) is 9.59 Å². The average molecular weight is 485 g/mol. The molecular formula is C21H13BrN2O7. The van der Waals surface area contributed by atoms with E-state index in [1.807, 2.05) is 6.07 Å². The molecule has 0 saturated carbocycles. The second kappa shape index (κ2) is 6.30. The van der Waals surface area contributed by atoms with E-state index in [9.17, 15) is 14.4 Å². The molecule has 0 unspecified atom stereocenters. The molecule has 3 aliphatic heterocycles. The summed E-state index contributed by atoms with van der Waals surface area (Å²) in [6.07, 6.45) is -1.28. The highest BCUT2D eigenvalue weighted by atomic mass is 79.9. The van der Waals surface area contributed by atoms with Crippen LogP contribution < -0.4 is 15.0 Å². The van der Waals surface area contributed by atoms with E-state index in [-0.39, 0.29) is 19.0 Å². The number of cyclic esters (lactones) is 1. The van der Waals surface area contributed by atoms with E-state index in [2.05, 4.69) is 15.9 Å². The molecule has 0 saturated heterocycles. The molecular weight excluding hydrogens is 472 g/mol. The van der Waals surface area contributed by atoms with Crippen LogP contribution in [0.2, 0.25) is 0 Å². The topological polar surface area (TPSA) is 106 Å². The zero-order valence-corrected chi connectivity index (χ0v) is 17.6. The molecule has 0 bridgehead atoms. The average Bonchev–Trinajstić information content (AvgIpc) is 3.34. The first-order valence-electron chi connectivity index (χ1n) is 9.45. The minimum atomic E-state index is -1.28. The van der Waals surface area contributed by atoms with Crippen LogP contribution in [0, 0.1) is 0 Å². The van der Waals surface area contributed by atoms with Crippen molar-refractivity contribution in [1.29, 1.82) is 0 Å². The summed E-state index contributed by atoms with van der Waals surface area (Å²) in [6.45, 7) is 1.49. The number of carbonyl (C=O) groups excluding carboxylic acids is 2. The summed E-state index contributed by atoms with van der Waals surface area (Å²) >= 11 is 3.66. The number of ether oxygens (including phenoxy) is 4. The van der Waals surface area contributed by atoms with Crippen LogP contribution in [-0.2, 0) is 32.2 Å². The van der Waals surface area contributed by atoms with Gasteiger partial charge in [0.25, 0.3) is 5.56 Å². The van der Waals surface area contributed by atoms with Crippen LogP contribution in [-0.4, -0.2) is 28.3 Å². The molecule has 3 aromatic rings. The van der Waals surface area contributed by atoms with E-state index in [1.165, 1.54) is 6.92 Å². The summed E-state index contributed by atoms with van der Waals surface area (Å²) in [6, 6.07) is 5.34. The molecule has 0 fully saturated rings. The van der Waals surface area contributed by atoms with Crippen molar-refractivity contribution in [3.63, 3.8) is 0 Å². The lowest BCUT2D eigenvalue weighted by Crippen LogP contribution is -2.34.